The lowest BCUT2D eigenvalue weighted by Crippen LogP contribution is -2.06. The third-order valence-corrected chi connectivity index (χ3v) is 4.06. The quantitative estimate of drug-likeness (QED) is 0.689. The van der Waals surface area contributed by atoms with Crippen molar-refractivity contribution in [2.24, 2.45) is 0 Å². The van der Waals surface area contributed by atoms with Gasteiger partial charge in [-0.15, -0.1) is 0 Å². The summed E-state index contributed by atoms with van der Waals surface area (Å²) in [5.41, 5.74) is 1.14. The van der Waals surface area contributed by atoms with E-state index in [2.05, 4.69) is 15.9 Å². The summed E-state index contributed by atoms with van der Waals surface area (Å²) in [5.74, 6) is 0.428. The molecule has 0 aliphatic heterocycles. The van der Waals surface area contributed by atoms with Crippen molar-refractivity contribution < 1.29 is 9.53 Å². The minimum absolute atomic E-state index is 0.0932. The van der Waals surface area contributed by atoms with Crippen molar-refractivity contribution in [1.29, 1.82) is 0 Å². The first-order valence-corrected chi connectivity index (χ1v) is 7.37. The van der Waals surface area contributed by atoms with E-state index in [1.54, 1.807) is 36.4 Å². The maximum atomic E-state index is 12.4. The molecule has 0 heterocycles. The van der Waals surface area contributed by atoms with Crippen LogP contribution in [0.25, 0.3) is 0 Å². The molecule has 0 unspecified atom stereocenters. The maximum Gasteiger partial charge on any atom is 0.171 e. The highest BCUT2D eigenvalue weighted by Crippen LogP contribution is 2.29. The molecule has 0 aromatic heterocycles. The van der Waals surface area contributed by atoms with Crippen molar-refractivity contribution in [3.8, 4) is 5.75 Å². The molecule has 0 fully saturated rings. The Kier molecular flexibility index (Phi) is 5.08. The number of benzene rings is 2. The van der Waals surface area contributed by atoms with Crippen LogP contribution in [0.3, 0.4) is 0 Å². The maximum absolute atomic E-state index is 12.4. The van der Waals surface area contributed by atoms with E-state index in [1.165, 1.54) is 7.11 Å². The fraction of sp³-hybridized carbons (Fsp3) is 0.133. The predicted octanol–water partition coefficient (Wildman–Crippen LogP) is 5.19. The van der Waals surface area contributed by atoms with Gasteiger partial charge in [-0.2, -0.15) is 0 Å². The molecule has 2 aromatic rings. The SMILES string of the molecule is COc1cc(Br)ccc1C(=O)Cc1c(Cl)cccc1Cl. The number of Topliss-reactive ketones (excluding diaryl/α,β-unsaturated/α-hetero) is 1. The second-order valence-corrected chi connectivity index (χ2v) is 5.87. The van der Waals surface area contributed by atoms with Crippen LogP contribution in [-0.2, 0) is 6.42 Å². The van der Waals surface area contributed by atoms with Crippen molar-refractivity contribution in [2.75, 3.05) is 7.11 Å². The van der Waals surface area contributed by atoms with Crippen LogP contribution in [0.2, 0.25) is 10.0 Å². The highest BCUT2D eigenvalue weighted by molar-refractivity contribution is 9.10. The van der Waals surface area contributed by atoms with Gasteiger partial charge in [0.15, 0.2) is 5.78 Å². The Labute approximate surface area is 135 Å². The molecular weight excluding hydrogens is 363 g/mol. The largest absolute Gasteiger partial charge is 0.496 e. The molecule has 2 rings (SSSR count). The van der Waals surface area contributed by atoms with Gasteiger partial charge in [-0.3, -0.25) is 4.79 Å². The number of ether oxygens (including phenoxy) is 1. The molecule has 2 nitrogen and oxygen atoms in total. The summed E-state index contributed by atoms with van der Waals surface area (Å²) in [6.07, 6.45) is 0.135. The van der Waals surface area contributed by atoms with Crippen LogP contribution in [0.15, 0.2) is 40.9 Å². The summed E-state index contributed by atoms with van der Waals surface area (Å²) < 4.78 is 6.08. The van der Waals surface area contributed by atoms with Gasteiger partial charge < -0.3 is 4.74 Å². The van der Waals surface area contributed by atoms with Gasteiger partial charge in [-0.25, -0.2) is 0 Å². The molecule has 0 saturated carbocycles. The first-order valence-electron chi connectivity index (χ1n) is 5.82. The number of halogens is 3. The molecule has 20 heavy (non-hydrogen) atoms. The fourth-order valence-corrected chi connectivity index (χ4v) is 2.72. The van der Waals surface area contributed by atoms with Crippen LogP contribution in [0, 0.1) is 0 Å². The zero-order chi connectivity index (χ0) is 14.7. The smallest absolute Gasteiger partial charge is 0.171 e. The second kappa shape index (κ2) is 6.61. The van der Waals surface area contributed by atoms with Crippen LogP contribution >= 0.6 is 39.1 Å². The zero-order valence-electron chi connectivity index (χ0n) is 10.6. The number of carbonyl (C=O) groups excluding carboxylic acids is 1. The topological polar surface area (TPSA) is 26.3 Å². The molecule has 0 radical (unpaired) electrons. The van der Waals surface area contributed by atoms with Gasteiger partial charge in [0.1, 0.15) is 5.75 Å². The zero-order valence-corrected chi connectivity index (χ0v) is 13.7. The minimum Gasteiger partial charge on any atom is -0.496 e. The molecule has 0 amide bonds. The van der Waals surface area contributed by atoms with Crippen molar-refractivity contribution in [3.05, 3.63) is 62.0 Å². The van der Waals surface area contributed by atoms with E-state index >= 15 is 0 Å². The van der Waals surface area contributed by atoms with E-state index in [-0.39, 0.29) is 12.2 Å². The lowest BCUT2D eigenvalue weighted by Gasteiger charge is -2.10. The summed E-state index contributed by atoms with van der Waals surface area (Å²) in [6.45, 7) is 0. The van der Waals surface area contributed by atoms with Crippen LogP contribution < -0.4 is 4.74 Å². The summed E-state index contributed by atoms with van der Waals surface area (Å²) in [5, 5.41) is 0.976. The van der Waals surface area contributed by atoms with E-state index in [1.807, 2.05) is 0 Å². The molecule has 0 bridgehead atoms. The molecule has 0 N–H and O–H groups in total. The molecule has 104 valence electrons. The van der Waals surface area contributed by atoms with Gasteiger partial charge in [-0.1, -0.05) is 45.2 Å². The molecule has 5 heteroatoms. The average molecular weight is 374 g/mol. The van der Waals surface area contributed by atoms with E-state index in [0.717, 1.165) is 4.47 Å². The Balaban J connectivity index is 2.33. The third-order valence-electron chi connectivity index (χ3n) is 2.86. The summed E-state index contributed by atoms with van der Waals surface area (Å²) in [4.78, 5) is 12.4. The van der Waals surface area contributed by atoms with Gasteiger partial charge in [-0.05, 0) is 35.9 Å². The number of methoxy groups -OCH3 is 1. The van der Waals surface area contributed by atoms with Gasteiger partial charge in [0.2, 0.25) is 0 Å². The third kappa shape index (κ3) is 3.35. The monoisotopic (exact) mass is 372 g/mol. The number of rotatable bonds is 4. The Hall–Kier alpha value is -1.03. The molecule has 0 saturated heterocycles. The Morgan fingerprint density at radius 1 is 1.20 bits per heavy atom. The normalized spacial score (nSPS) is 10.4. The predicted molar refractivity (Wildman–Crippen MR) is 85.2 cm³/mol. The first-order chi connectivity index (χ1) is 9.52. The standard InChI is InChI=1S/C15H11BrCl2O2/c1-20-15-7-9(16)5-6-10(15)14(19)8-11-12(17)3-2-4-13(11)18/h2-7H,8H2,1H3. The van der Waals surface area contributed by atoms with Crippen LogP contribution in [0.5, 0.6) is 5.75 Å². The first kappa shape index (κ1) is 15.4. The summed E-state index contributed by atoms with van der Waals surface area (Å²) in [6, 6.07) is 10.4. The van der Waals surface area contributed by atoms with Crippen LogP contribution in [-0.4, -0.2) is 12.9 Å². The molecular formula is C15H11BrCl2O2. The lowest BCUT2D eigenvalue weighted by atomic mass is 10.0. The van der Waals surface area contributed by atoms with Crippen molar-refractivity contribution in [2.45, 2.75) is 6.42 Å². The molecule has 0 aliphatic rings. The summed E-state index contributed by atoms with van der Waals surface area (Å²) in [7, 11) is 1.53. The highest BCUT2D eigenvalue weighted by atomic mass is 79.9. The summed E-state index contributed by atoms with van der Waals surface area (Å²) >= 11 is 15.5. The Morgan fingerprint density at radius 2 is 1.85 bits per heavy atom. The number of carbonyl (C=O) groups is 1. The van der Waals surface area contributed by atoms with Gasteiger partial charge in [0.25, 0.3) is 0 Å². The number of hydrogen-bond donors (Lipinski definition) is 0. The van der Waals surface area contributed by atoms with E-state index in [0.29, 0.717) is 26.9 Å². The highest BCUT2D eigenvalue weighted by Gasteiger charge is 2.16. The fourth-order valence-electron chi connectivity index (χ4n) is 1.85. The van der Waals surface area contributed by atoms with Crippen molar-refractivity contribution in [3.63, 3.8) is 0 Å². The van der Waals surface area contributed by atoms with E-state index < -0.39 is 0 Å². The number of hydrogen-bond acceptors (Lipinski definition) is 2. The van der Waals surface area contributed by atoms with Crippen molar-refractivity contribution in [1.82, 2.24) is 0 Å². The lowest BCUT2D eigenvalue weighted by molar-refractivity contribution is 0.0990. The van der Waals surface area contributed by atoms with Gasteiger partial charge in [0, 0.05) is 20.9 Å². The Morgan fingerprint density at radius 3 is 2.45 bits per heavy atom. The molecule has 2 aromatic carbocycles. The molecule has 0 spiro atoms. The van der Waals surface area contributed by atoms with Gasteiger partial charge in [0.05, 0.1) is 12.7 Å². The molecule has 0 aliphatic carbocycles. The molecule has 0 atom stereocenters. The van der Waals surface area contributed by atoms with E-state index in [9.17, 15) is 4.79 Å². The minimum atomic E-state index is -0.0932. The van der Waals surface area contributed by atoms with E-state index in [4.69, 9.17) is 27.9 Å². The Bertz CT molecular complexity index is 636. The number of ketones is 1. The second-order valence-electron chi connectivity index (χ2n) is 4.14. The van der Waals surface area contributed by atoms with Crippen LogP contribution in [0.1, 0.15) is 15.9 Å². The average Bonchev–Trinajstić information content (AvgIpc) is 2.42. The van der Waals surface area contributed by atoms with Crippen LogP contribution in [0.4, 0.5) is 0 Å². The van der Waals surface area contributed by atoms with Gasteiger partial charge >= 0.3 is 0 Å². The van der Waals surface area contributed by atoms with Crippen molar-refractivity contribution >= 4 is 44.9 Å².